The second-order valence-corrected chi connectivity index (χ2v) is 11.8. The van der Waals surface area contributed by atoms with Crippen LogP contribution in [0.3, 0.4) is 0 Å². The fourth-order valence-corrected chi connectivity index (χ4v) is 8.37. The highest BCUT2D eigenvalue weighted by Crippen LogP contribution is 2.65. The van der Waals surface area contributed by atoms with E-state index in [1.165, 1.54) is 57.8 Å². The summed E-state index contributed by atoms with van der Waals surface area (Å²) in [5.41, 5.74) is 0.434. The highest BCUT2D eigenvalue weighted by atomic mass is 16.2. The third-order valence-electron chi connectivity index (χ3n) is 10.2. The summed E-state index contributed by atoms with van der Waals surface area (Å²) >= 11 is 0. The zero-order chi connectivity index (χ0) is 22.1. The number of piperidine rings is 1. The van der Waals surface area contributed by atoms with Crippen molar-refractivity contribution in [3.05, 3.63) is 0 Å². The number of amides is 2. The van der Waals surface area contributed by atoms with Crippen molar-refractivity contribution < 1.29 is 9.59 Å². The Morgan fingerprint density at radius 3 is 2.48 bits per heavy atom. The quantitative estimate of drug-likeness (QED) is 0.492. The van der Waals surface area contributed by atoms with Gasteiger partial charge < -0.3 is 10.6 Å². The van der Waals surface area contributed by atoms with Crippen molar-refractivity contribution in [1.82, 2.24) is 10.6 Å². The molecule has 1 aliphatic heterocycles. The molecule has 0 bridgehead atoms. The maximum absolute atomic E-state index is 13.2. The average molecular weight is 431 g/mol. The van der Waals surface area contributed by atoms with Crippen LogP contribution in [0.2, 0.25) is 0 Å². The number of hydrogen-bond acceptors (Lipinski definition) is 2. The molecule has 4 unspecified atom stereocenters. The van der Waals surface area contributed by atoms with Crippen molar-refractivity contribution in [1.29, 1.82) is 0 Å². The van der Waals surface area contributed by atoms with Gasteiger partial charge in [0.1, 0.15) is 0 Å². The van der Waals surface area contributed by atoms with E-state index in [4.69, 9.17) is 0 Å². The summed E-state index contributed by atoms with van der Waals surface area (Å²) < 4.78 is 0. The van der Waals surface area contributed by atoms with Gasteiger partial charge in [0.05, 0.1) is 0 Å². The largest absolute Gasteiger partial charge is 0.356 e. The molecule has 7 atom stereocenters. The molecule has 3 aliphatic carbocycles. The predicted molar refractivity (Wildman–Crippen MR) is 125 cm³/mol. The van der Waals surface area contributed by atoms with E-state index in [-0.39, 0.29) is 22.7 Å². The Morgan fingerprint density at radius 1 is 0.935 bits per heavy atom. The molecule has 0 aromatic carbocycles. The Hall–Kier alpha value is -1.06. The number of nitrogens with one attached hydrogen (secondary N) is 2. The van der Waals surface area contributed by atoms with Gasteiger partial charge in [-0.15, -0.1) is 0 Å². The van der Waals surface area contributed by atoms with Crippen LogP contribution < -0.4 is 10.6 Å². The maximum atomic E-state index is 13.2. The molecule has 176 valence electrons. The minimum absolute atomic E-state index is 0.174. The molecule has 3 saturated carbocycles. The number of unbranched alkanes of at least 4 members (excludes halogenated alkanes) is 5. The Labute approximate surface area is 190 Å². The molecule has 1 saturated heterocycles. The molecule has 2 amide bonds. The first kappa shape index (κ1) is 23.1. The molecule has 4 nitrogen and oxygen atoms in total. The second-order valence-electron chi connectivity index (χ2n) is 11.8. The average Bonchev–Trinajstić information content (AvgIpc) is 3.11. The van der Waals surface area contributed by atoms with E-state index in [1.54, 1.807) is 0 Å². The van der Waals surface area contributed by atoms with Crippen molar-refractivity contribution in [2.24, 2.45) is 34.5 Å². The van der Waals surface area contributed by atoms with E-state index in [1.807, 2.05) is 0 Å². The molecule has 0 radical (unpaired) electrons. The summed E-state index contributed by atoms with van der Waals surface area (Å²) in [5.74, 6) is 2.94. The number of hydrogen-bond donors (Lipinski definition) is 2. The topological polar surface area (TPSA) is 58.2 Å². The van der Waals surface area contributed by atoms with Crippen molar-refractivity contribution >= 4 is 11.8 Å². The number of carbonyl (C=O) groups excluding carboxylic acids is 2. The standard InChI is InChI=1S/C27H46N2O2/c1-4-5-6-7-8-9-18-28-25(31)22-12-11-20-19-10-13-23-27(3,17-15-24(30)29-23)21(19)14-16-26(20,22)2/h19-23H,4-18H2,1-3H3,(H,28,31)(H,29,30)/t19?,20?,21?,22-,23?,26+,27-/m1/s1. The monoisotopic (exact) mass is 430 g/mol. The van der Waals surface area contributed by atoms with Gasteiger partial charge in [-0.25, -0.2) is 0 Å². The van der Waals surface area contributed by atoms with Crippen molar-refractivity contribution in [2.75, 3.05) is 6.54 Å². The first-order chi connectivity index (χ1) is 14.9. The van der Waals surface area contributed by atoms with Crippen LogP contribution in [0.5, 0.6) is 0 Å². The van der Waals surface area contributed by atoms with Crippen LogP contribution in [-0.2, 0) is 9.59 Å². The van der Waals surface area contributed by atoms with Gasteiger partial charge in [-0.1, -0.05) is 52.9 Å². The molecule has 4 aliphatic rings. The fraction of sp³-hybridized carbons (Fsp3) is 0.926. The van der Waals surface area contributed by atoms with E-state index >= 15 is 0 Å². The van der Waals surface area contributed by atoms with E-state index in [2.05, 4.69) is 31.4 Å². The van der Waals surface area contributed by atoms with Crippen LogP contribution in [0, 0.1) is 34.5 Å². The molecule has 4 fully saturated rings. The van der Waals surface area contributed by atoms with Gasteiger partial charge in [-0.2, -0.15) is 0 Å². The van der Waals surface area contributed by atoms with E-state index in [0.717, 1.165) is 44.1 Å². The summed E-state index contributed by atoms with van der Waals surface area (Å²) in [4.78, 5) is 25.2. The molecule has 31 heavy (non-hydrogen) atoms. The van der Waals surface area contributed by atoms with Gasteiger partial charge in [0.2, 0.25) is 11.8 Å². The summed E-state index contributed by atoms with van der Waals surface area (Å²) in [6.45, 7) is 8.00. The lowest BCUT2D eigenvalue weighted by molar-refractivity contribution is -0.141. The van der Waals surface area contributed by atoms with Crippen molar-refractivity contribution in [3.63, 3.8) is 0 Å². The smallest absolute Gasteiger partial charge is 0.223 e. The molecule has 0 aromatic rings. The van der Waals surface area contributed by atoms with E-state index < -0.39 is 0 Å². The summed E-state index contributed by atoms with van der Waals surface area (Å²) in [5, 5.41) is 6.65. The zero-order valence-corrected chi connectivity index (χ0v) is 20.3. The lowest BCUT2D eigenvalue weighted by atomic mass is 9.47. The summed E-state index contributed by atoms with van der Waals surface area (Å²) in [7, 11) is 0. The number of fused-ring (bicyclic) bond motifs is 5. The first-order valence-electron chi connectivity index (χ1n) is 13.5. The van der Waals surface area contributed by atoms with Crippen LogP contribution in [-0.4, -0.2) is 24.4 Å². The summed E-state index contributed by atoms with van der Waals surface area (Å²) in [6.07, 6.45) is 16.4. The van der Waals surface area contributed by atoms with Gasteiger partial charge in [-0.05, 0) is 80.0 Å². The van der Waals surface area contributed by atoms with Crippen LogP contribution in [0.1, 0.15) is 111 Å². The highest BCUT2D eigenvalue weighted by Gasteiger charge is 2.61. The van der Waals surface area contributed by atoms with Crippen molar-refractivity contribution in [3.8, 4) is 0 Å². The Morgan fingerprint density at radius 2 is 1.68 bits per heavy atom. The maximum Gasteiger partial charge on any atom is 0.223 e. The number of carbonyl (C=O) groups is 2. The van der Waals surface area contributed by atoms with E-state index in [0.29, 0.717) is 24.3 Å². The van der Waals surface area contributed by atoms with Crippen LogP contribution in [0.4, 0.5) is 0 Å². The van der Waals surface area contributed by atoms with Gasteiger partial charge in [0.15, 0.2) is 0 Å². The minimum atomic E-state index is 0.174. The summed E-state index contributed by atoms with van der Waals surface area (Å²) in [6, 6.07) is 0.372. The molecule has 0 aromatic heterocycles. The zero-order valence-electron chi connectivity index (χ0n) is 20.3. The Bertz CT molecular complexity index is 664. The molecule has 0 spiro atoms. The lowest BCUT2D eigenvalue weighted by Crippen LogP contribution is -2.61. The normalized spacial score (nSPS) is 41.6. The molecule has 2 N–H and O–H groups in total. The lowest BCUT2D eigenvalue weighted by Gasteiger charge is -2.60. The molecular formula is C27H46N2O2. The van der Waals surface area contributed by atoms with Crippen molar-refractivity contribution in [2.45, 2.75) is 117 Å². The van der Waals surface area contributed by atoms with Crippen LogP contribution >= 0.6 is 0 Å². The second kappa shape index (κ2) is 9.43. The molecular weight excluding hydrogens is 384 g/mol. The van der Waals surface area contributed by atoms with Gasteiger partial charge in [0, 0.05) is 24.9 Å². The van der Waals surface area contributed by atoms with Crippen LogP contribution in [0.15, 0.2) is 0 Å². The van der Waals surface area contributed by atoms with Crippen LogP contribution in [0.25, 0.3) is 0 Å². The van der Waals surface area contributed by atoms with Gasteiger partial charge in [-0.3, -0.25) is 9.59 Å². The Balaban J connectivity index is 1.34. The SMILES string of the molecule is CCCCCCCCNC(=O)[C@H]1CCC2C3CCC4NC(=O)CC[C@]4(C)C3CC[C@@]21C. The third-order valence-corrected chi connectivity index (χ3v) is 10.2. The minimum Gasteiger partial charge on any atom is -0.356 e. The molecule has 4 rings (SSSR count). The first-order valence-corrected chi connectivity index (χ1v) is 13.5. The third kappa shape index (κ3) is 4.29. The van der Waals surface area contributed by atoms with E-state index in [9.17, 15) is 9.59 Å². The molecule has 1 heterocycles. The predicted octanol–water partition coefficient (Wildman–Crippen LogP) is 5.60. The molecule has 4 heteroatoms. The highest BCUT2D eigenvalue weighted by molar-refractivity contribution is 5.80. The van der Waals surface area contributed by atoms with Gasteiger partial charge in [0.25, 0.3) is 0 Å². The van der Waals surface area contributed by atoms with Gasteiger partial charge >= 0.3 is 0 Å². The fourth-order valence-electron chi connectivity index (χ4n) is 8.37. The number of rotatable bonds is 8. The Kier molecular flexibility index (Phi) is 7.03.